The van der Waals surface area contributed by atoms with Crippen LogP contribution in [0.5, 0.6) is 5.75 Å². The van der Waals surface area contributed by atoms with Crippen molar-refractivity contribution in [3.8, 4) is 5.75 Å². The van der Waals surface area contributed by atoms with Crippen molar-refractivity contribution in [3.63, 3.8) is 0 Å². The van der Waals surface area contributed by atoms with Crippen LogP contribution in [-0.2, 0) is 4.79 Å². The Labute approximate surface area is 125 Å². The molecule has 0 spiro atoms. The maximum Gasteiger partial charge on any atom is 0.321 e. The lowest BCUT2D eigenvalue weighted by atomic mass is 10.3. The minimum absolute atomic E-state index is 0.0785. The summed E-state index contributed by atoms with van der Waals surface area (Å²) in [5, 5.41) is 11.4. The number of carbonyl (C=O) groups excluding carboxylic acids is 1. The fourth-order valence-electron chi connectivity index (χ4n) is 1.57. The summed E-state index contributed by atoms with van der Waals surface area (Å²) in [4.78, 5) is 24.0. The molecule has 110 valence electrons. The molecule has 1 rings (SSSR count). The lowest BCUT2D eigenvalue weighted by Crippen LogP contribution is -2.36. The summed E-state index contributed by atoms with van der Waals surface area (Å²) in [7, 11) is 1.54. The largest absolute Gasteiger partial charge is 0.495 e. The van der Waals surface area contributed by atoms with Crippen LogP contribution in [-0.4, -0.2) is 42.2 Å². The van der Waals surface area contributed by atoms with Gasteiger partial charge < -0.3 is 20.1 Å². The second-order valence-electron chi connectivity index (χ2n) is 4.00. The van der Waals surface area contributed by atoms with Crippen LogP contribution in [0.2, 0.25) is 0 Å². The van der Waals surface area contributed by atoms with Crippen molar-refractivity contribution >= 4 is 33.6 Å². The highest BCUT2D eigenvalue weighted by atomic mass is 79.9. The maximum atomic E-state index is 12.0. The van der Waals surface area contributed by atoms with Crippen LogP contribution >= 0.6 is 15.9 Å². The summed E-state index contributed by atoms with van der Waals surface area (Å²) in [5.74, 6) is -0.321. The Hall–Kier alpha value is -1.76. The second-order valence-corrected chi connectivity index (χ2v) is 4.86. The van der Waals surface area contributed by atoms with Crippen LogP contribution in [0.15, 0.2) is 22.7 Å². The van der Waals surface area contributed by atoms with Crippen LogP contribution < -0.4 is 10.1 Å². The van der Waals surface area contributed by atoms with E-state index < -0.39 is 5.97 Å². The summed E-state index contributed by atoms with van der Waals surface area (Å²) in [6.07, 6.45) is -0.0785. The molecule has 20 heavy (non-hydrogen) atoms. The quantitative estimate of drug-likeness (QED) is 0.831. The van der Waals surface area contributed by atoms with Gasteiger partial charge in [-0.25, -0.2) is 4.79 Å². The number of carbonyl (C=O) groups is 2. The number of benzene rings is 1. The predicted molar refractivity (Wildman–Crippen MR) is 79.2 cm³/mol. The number of amides is 2. The molecule has 2 N–H and O–H groups in total. The first kappa shape index (κ1) is 16.3. The zero-order chi connectivity index (χ0) is 15.1. The van der Waals surface area contributed by atoms with Gasteiger partial charge in [0.1, 0.15) is 5.75 Å². The third kappa shape index (κ3) is 4.73. The van der Waals surface area contributed by atoms with E-state index >= 15 is 0 Å². The van der Waals surface area contributed by atoms with E-state index in [4.69, 9.17) is 9.84 Å². The number of rotatable bonds is 6. The minimum Gasteiger partial charge on any atom is -0.495 e. The van der Waals surface area contributed by atoms with Crippen LogP contribution in [0.1, 0.15) is 13.3 Å². The fourth-order valence-corrected chi connectivity index (χ4v) is 1.98. The van der Waals surface area contributed by atoms with Crippen LogP contribution in [0.25, 0.3) is 0 Å². The molecule has 0 atom stereocenters. The Morgan fingerprint density at radius 2 is 2.15 bits per heavy atom. The fraction of sp³-hybridized carbons (Fsp3) is 0.385. The molecule has 0 bridgehead atoms. The highest BCUT2D eigenvalue weighted by molar-refractivity contribution is 9.10. The molecule has 0 unspecified atom stereocenters. The van der Waals surface area contributed by atoms with Gasteiger partial charge in [0, 0.05) is 24.8 Å². The smallest absolute Gasteiger partial charge is 0.321 e. The molecule has 0 aliphatic rings. The summed E-state index contributed by atoms with van der Waals surface area (Å²) in [6, 6.07) is 4.85. The van der Waals surface area contributed by atoms with Crippen LogP contribution in [0.3, 0.4) is 0 Å². The first-order valence-corrected chi connectivity index (χ1v) is 6.88. The van der Waals surface area contributed by atoms with E-state index in [0.717, 1.165) is 4.47 Å². The molecule has 0 heterocycles. The molecule has 0 fully saturated rings. The third-order valence-electron chi connectivity index (χ3n) is 2.67. The van der Waals surface area contributed by atoms with Gasteiger partial charge in [-0.3, -0.25) is 4.79 Å². The highest BCUT2D eigenvalue weighted by Gasteiger charge is 2.13. The molecule has 0 radical (unpaired) electrons. The van der Waals surface area contributed by atoms with E-state index in [1.54, 1.807) is 25.1 Å². The second kappa shape index (κ2) is 7.74. The Balaban J connectivity index is 2.70. The molecule has 0 saturated carbocycles. The molecular weight excluding hydrogens is 328 g/mol. The number of methoxy groups -OCH3 is 1. The molecule has 0 aliphatic carbocycles. The number of anilines is 1. The standard InChI is InChI=1S/C13H17BrN2O4/c1-3-16(7-6-12(17)18)13(19)15-9-4-5-10(14)11(8-9)20-2/h4-5,8H,3,6-7H2,1-2H3,(H,15,19)(H,17,18). The first-order valence-electron chi connectivity index (χ1n) is 6.09. The molecule has 2 amide bonds. The molecule has 0 aromatic heterocycles. The van der Waals surface area contributed by atoms with Crippen molar-refractivity contribution in [3.05, 3.63) is 22.7 Å². The van der Waals surface area contributed by atoms with Gasteiger partial charge in [-0.1, -0.05) is 0 Å². The van der Waals surface area contributed by atoms with Gasteiger partial charge in [-0.2, -0.15) is 0 Å². The van der Waals surface area contributed by atoms with Gasteiger partial charge in [0.15, 0.2) is 0 Å². The van der Waals surface area contributed by atoms with Crippen molar-refractivity contribution in [2.24, 2.45) is 0 Å². The number of nitrogens with zero attached hydrogens (tertiary/aromatic N) is 1. The SMILES string of the molecule is CCN(CCC(=O)O)C(=O)Nc1ccc(Br)c(OC)c1. The monoisotopic (exact) mass is 344 g/mol. The molecule has 1 aromatic rings. The molecule has 7 heteroatoms. The van der Waals surface area contributed by atoms with E-state index in [9.17, 15) is 9.59 Å². The van der Waals surface area contributed by atoms with Gasteiger partial charge in [0.25, 0.3) is 0 Å². The van der Waals surface area contributed by atoms with E-state index in [1.165, 1.54) is 12.0 Å². The molecule has 1 aromatic carbocycles. The summed E-state index contributed by atoms with van der Waals surface area (Å²) in [6.45, 7) is 2.40. The van der Waals surface area contributed by atoms with Crippen molar-refractivity contribution < 1.29 is 19.4 Å². The van der Waals surface area contributed by atoms with E-state index in [-0.39, 0.29) is 19.0 Å². The number of carboxylic acids is 1. The van der Waals surface area contributed by atoms with Crippen LogP contribution in [0, 0.1) is 0 Å². The van der Waals surface area contributed by atoms with Crippen LogP contribution in [0.4, 0.5) is 10.5 Å². The number of aliphatic carboxylic acids is 1. The van der Waals surface area contributed by atoms with E-state index in [2.05, 4.69) is 21.2 Å². The highest BCUT2D eigenvalue weighted by Crippen LogP contribution is 2.27. The first-order chi connectivity index (χ1) is 9.47. The van der Waals surface area contributed by atoms with Crippen molar-refractivity contribution in [2.45, 2.75) is 13.3 Å². The average molecular weight is 345 g/mol. The molecule has 6 nitrogen and oxygen atoms in total. The summed E-state index contributed by atoms with van der Waals surface area (Å²) < 4.78 is 5.93. The minimum atomic E-state index is -0.929. The zero-order valence-electron chi connectivity index (χ0n) is 11.4. The predicted octanol–water partition coefficient (Wildman–Crippen LogP) is 2.79. The number of nitrogens with one attached hydrogen (secondary N) is 1. The Bertz CT molecular complexity index is 493. The number of hydrogen-bond acceptors (Lipinski definition) is 3. The topological polar surface area (TPSA) is 78.9 Å². The molecular formula is C13H17BrN2O4. The van der Waals surface area contributed by atoms with Crippen molar-refractivity contribution in [1.29, 1.82) is 0 Å². The number of halogens is 1. The molecule has 0 saturated heterocycles. The lowest BCUT2D eigenvalue weighted by Gasteiger charge is -2.20. The number of ether oxygens (including phenoxy) is 1. The number of hydrogen-bond donors (Lipinski definition) is 2. The Morgan fingerprint density at radius 3 is 2.70 bits per heavy atom. The average Bonchev–Trinajstić information content (AvgIpc) is 2.41. The van der Waals surface area contributed by atoms with Gasteiger partial charge in [-0.15, -0.1) is 0 Å². The van der Waals surface area contributed by atoms with E-state index in [1.807, 2.05) is 0 Å². The summed E-state index contributed by atoms with van der Waals surface area (Å²) >= 11 is 3.33. The van der Waals surface area contributed by atoms with Gasteiger partial charge >= 0.3 is 12.0 Å². The normalized spacial score (nSPS) is 9.95. The zero-order valence-corrected chi connectivity index (χ0v) is 12.9. The molecule has 0 aliphatic heterocycles. The maximum absolute atomic E-state index is 12.0. The van der Waals surface area contributed by atoms with Crippen molar-refractivity contribution in [2.75, 3.05) is 25.5 Å². The van der Waals surface area contributed by atoms with E-state index in [0.29, 0.717) is 18.0 Å². The number of carboxylic acid groups (broad SMARTS) is 1. The van der Waals surface area contributed by atoms with Gasteiger partial charge in [0.05, 0.1) is 18.0 Å². The van der Waals surface area contributed by atoms with Gasteiger partial charge in [-0.05, 0) is 35.0 Å². The lowest BCUT2D eigenvalue weighted by molar-refractivity contribution is -0.137. The Morgan fingerprint density at radius 1 is 1.45 bits per heavy atom. The van der Waals surface area contributed by atoms with Gasteiger partial charge in [0.2, 0.25) is 0 Å². The number of urea groups is 1. The Kier molecular flexibility index (Phi) is 6.30. The van der Waals surface area contributed by atoms with Crippen molar-refractivity contribution in [1.82, 2.24) is 4.90 Å². The summed E-state index contributed by atoms with van der Waals surface area (Å²) in [5.41, 5.74) is 0.587. The third-order valence-corrected chi connectivity index (χ3v) is 3.32.